The van der Waals surface area contributed by atoms with Crippen LogP contribution in [0, 0.1) is 6.92 Å². The minimum Gasteiger partial charge on any atom is -0.478 e. The molecule has 110 valence electrons. The Labute approximate surface area is 122 Å². The predicted molar refractivity (Wildman–Crippen MR) is 75.4 cm³/mol. The standard InChI is InChI=1S/C15H17N3O3/c1-10-16-14(18-17-10)15(6-8-21-9-7-15)12-4-2-11(3-5-12)13(19)20/h2-5H,6-9H2,1H3,(H,19,20)(H,16,17,18). The van der Waals surface area contributed by atoms with Gasteiger partial charge in [0.05, 0.1) is 11.0 Å². The molecule has 1 aromatic heterocycles. The van der Waals surface area contributed by atoms with Crippen molar-refractivity contribution in [2.45, 2.75) is 25.2 Å². The van der Waals surface area contributed by atoms with Crippen LogP contribution in [0.1, 0.15) is 40.4 Å². The lowest BCUT2D eigenvalue weighted by Crippen LogP contribution is -2.36. The van der Waals surface area contributed by atoms with Crippen LogP contribution in [-0.4, -0.2) is 39.5 Å². The molecule has 0 spiro atoms. The minimum atomic E-state index is -0.920. The van der Waals surface area contributed by atoms with E-state index in [-0.39, 0.29) is 11.0 Å². The molecule has 3 rings (SSSR count). The molecular weight excluding hydrogens is 270 g/mol. The van der Waals surface area contributed by atoms with E-state index in [1.54, 1.807) is 12.1 Å². The number of ether oxygens (including phenoxy) is 1. The minimum absolute atomic E-state index is 0.284. The van der Waals surface area contributed by atoms with Crippen molar-refractivity contribution in [3.05, 3.63) is 47.0 Å². The zero-order chi connectivity index (χ0) is 14.9. The third-order valence-corrected chi connectivity index (χ3v) is 4.06. The van der Waals surface area contributed by atoms with Crippen LogP contribution in [0.4, 0.5) is 0 Å². The lowest BCUT2D eigenvalue weighted by molar-refractivity contribution is 0.0604. The summed E-state index contributed by atoms with van der Waals surface area (Å²) in [7, 11) is 0. The topological polar surface area (TPSA) is 88.1 Å². The Morgan fingerprint density at radius 2 is 1.95 bits per heavy atom. The number of carbonyl (C=O) groups is 1. The van der Waals surface area contributed by atoms with Gasteiger partial charge in [-0.25, -0.2) is 9.78 Å². The third kappa shape index (κ3) is 2.42. The molecule has 21 heavy (non-hydrogen) atoms. The lowest BCUT2D eigenvalue weighted by Gasteiger charge is -2.35. The van der Waals surface area contributed by atoms with Gasteiger partial charge in [0.1, 0.15) is 5.82 Å². The summed E-state index contributed by atoms with van der Waals surface area (Å²) in [5.74, 6) is 0.612. The van der Waals surface area contributed by atoms with Gasteiger partial charge in [-0.1, -0.05) is 12.1 Å². The Hall–Kier alpha value is -2.21. The average molecular weight is 287 g/mol. The Bertz CT molecular complexity index is 642. The molecule has 6 nitrogen and oxygen atoms in total. The highest BCUT2D eigenvalue weighted by atomic mass is 16.5. The molecule has 1 aliphatic heterocycles. The summed E-state index contributed by atoms with van der Waals surface area (Å²) in [4.78, 5) is 15.5. The van der Waals surface area contributed by atoms with Crippen molar-refractivity contribution in [1.82, 2.24) is 15.2 Å². The molecule has 1 saturated heterocycles. The van der Waals surface area contributed by atoms with Crippen molar-refractivity contribution in [3.8, 4) is 0 Å². The third-order valence-electron chi connectivity index (χ3n) is 4.06. The van der Waals surface area contributed by atoms with E-state index < -0.39 is 5.97 Å². The maximum absolute atomic E-state index is 11.0. The molecule has 2 N–H and O–H groups in total. The fourth-order valence-corrected chi connectivity index (χ4v) is 2.85. The van der Waals surface area contributed by atoms with E-state index in [9.17, 15) is 4.79 Å². The SMILES string of the molecule is Cc1nc(C2(c3ccc(C(=O)O)cc3)CCOCC2)n[nH]1. The fourth-order valence-electron chi connectivity index (χ4n) is 2.85. The molecule has 0 bridgehead atoms. The van der Waals surface area contributed by atoms with Crippen molar-refractivity contribution in [1.29, 1.82) is 0 Å². The first-order valence-corrected chi connectivity index (χ1v) is 6.93. The van der Waals surface area contributed by atoms with Gasteiger partial charge in [0.25, 0.3) is 0 Å². The first kappa shape index (κ1) is 13.8. The van der Waals surface area contributed by atoms with E-state index in [1.165, 1.54) is 0 Å². The van der Waals surface area contributed by atoms with Gasteiger partial charge in [-0.15, -0.1) is 0 Å². The normalized spacial score (nSPS) is 17.6. The van der Waals surface area contributed by atoms with Gasteiger partial charge in [0, 0.05) is 13.2 Å². The summed E-state index contributed by atoms with van der Waals surface area (Å²) in [5.41, 5.74) is 1.02. The van der Waals surface area contributed by atoms with E-state index in [4.69, 9.17) is 9.84 Å². The quantitative estimate of drug-likeness (QED) is 0.900. The van der Waals surface area contributed by atoms with E-state index in [0.29, 0.717) is 13.2 Å². The first-order chi connectivity index (χ1) is 10.1. The molecule has 6 heteroatoms. The molecule has 0 aliphatic carbocycles. The summed E-state index contributed by atoms with van der Waals surface area (Å²) in [6, 6.07) is 6.99. The van der Waals surface area contributed by atoms with E-state index in [1.807, 2.05) is 19.1 Å². The molecule has 1 fully saturated rings. The van der Waals surface area contributed by atoms with Gasteiger partial charge >= 0.3 is 5.97 Å². The highest BCUT2D eigenvalue weighted by molar-refractivity contribution is 5.87. The molecule has 2 heterocycles. The Kier molecular flexibility index (Phi) is 3.47. The van der Waals surface area contributed by atoms with Crippen LogP contribution in [0.25, 0.3) is 0 Å². The van der Waals surface area contributed by atoms with Crippen LogP contribution < -0.4 is 0 Å². The fraction of sp³-hybridized carbons (Fsp3) is 0.400. The highest BCUT2D eigenvalue weighted by Crippen LogP contribution is 2.39. The number of nitrogens with zero attached hydrogens (tertiary/aromatic N) is 2. The summed E-state index contributed by atoms with van der Waals surface area (Å²) < 4.78 is 5.48. The first-order valence-electron chi connectivity index (χ1n) is 6.93. The number of hydrogen-bond acceptors (Lipinski definition) is 4. The van der Waals surface area contributed by atoms with Crippen molar-refractivity contribution < 1.29 is 14.6 Å². The zero-order valence-corrected chi connectivity index (χ0v) is 11.8. The van der Waals surface area contributed by atoms with Crippen molar-refractivity contribution in [2.75, 3.05) is 13.2 Å². The maximum Gasteiger partial charge on any atom is 0.335 e. The number of carboxylic acid groups (broad SMARTS) is 1. The van der Waals surface area contributed by atoms with Crippen molar-refractivity contribution in [2.24, 2.45) is 0 Å². The Morgan fingerprint density at radius 1 is 1.29 bits per heavy atom. The highest BCUT2D eigenvalue weighted by Gasteiger charge is 2.39. The number of hydrogen-bond donors (Lipinski definition) is 2. The summed E-state index contributed by atoms with van der Waals surface area (Å²) in [5, 5.41) is 16.3. The van der Waals surface area contributed by atoms with Crippen LogP contribution in [0.5, 0.6) is 0 Å². The summed E-state index contributed by atoms with van der Waals surface area (Å²) >= 11 is 0. The number of carboxylic acids is 1. The van der Waals surface area contributed by atoms with Crippen LogP contribution in [-0.2, 0) is 10.2 Å². The molecular formula is C15H17N3O3. The molecule has 0 saturated carbocycles. The van der Waals surface area contributed by atoms with Gasteiger partial charge < -0.3 is 9.84 Å². The number of aryl methyl sites for hydroxylation is 1. The Balaban J connectivity index is 2.05. The van der Waals surface area contributed by atoms with Crippen LogP contribution >= 0.6 is 0 Å². The number of H-pyrrole nitrogens is 1. The van der Waals surface area contributed by atoms with Crippen molar-refractivity contribution in [3.63, 3.8) is 0 Å². The molecule has 2 aromatic rings. The molecule has 1 aromatic carbocycles. The molecule has 0 unspecified atom stereocenters. The number of benzene rings is 1. The van der Waals surface area contributed by atoms with Gasteiger partial charge in [-0.3, -0.25) is 5.10 Å². The lowest BCUT2D eigenvalue weighted by atomic mass is 9.73. The second-order valence-electron chi connectivity index (χ2n) is 5.32. The number of aromatic carboxylic acids is 1. The second kappa shape index (κ2) is 5.29. The van der Waals surface area contributed by atoms with Gasteiger partial charge in [-0.2, -0.15) is 5.10 Å². The number of aromatic amines is 1. The largest absolute Gasteiger partial charge is 0.478 e. The molecule has 0 radical (unpaired) electrons. The summed E-state index contributed by atoms with van der Waals surface area (Å²) in [6.07, 6.45) is 1.58. The van der Waals surface area contributed by atoms with Crippen LogP contribution in [0.15, 0.2) is 24.3 Å². The van der Waals surface area contributed by atoms with Crippen LogP contribution in [0.3, 0.4) is 0 Å². The van der Waals surface area contributed by atoms with E-state index in [0.717, 1.165) is 30.1 Å². The van der Waals surface area contributed by atoms with E-state index >= 15 is 0 Å². The second-order valence-corrected chi connectivity index (χ2v) is 5.32. The number of nitrogens with one attached hydrogen (secondary N) is 1. The molecule has 0 atom stereocenters. The van der Waals surface area contributed by atoms with E-state index in [2.05, 4.69) is 15.2 Å². The number of rotatable bonds is 3. The Morgan fingerprint density at radius 3 is 2.48 bits per heavy atom. The maximum atomic E-state index is 11.0. The zero-order valence-electron chi connectivity index (χ0n) is 11.8. The van der Waals surface area contributed by atoms with Gasteiger partial charge in [0.2, 0.25) is 0 Å². The number of aromatic nitrogens is 3. The van der Waals surface area contributed by atoms with Crippen molar-refractivity contribution >= 4 is 5.97 Å². The van der Waals surface area contributed by atoms with Gasteiger partial charge in [0.15, 0.2) is 5.82 Å². The predicted octanol–water partition coefficient (Wildman–Crippen LogP) is 1.91. The summed E-state index contributed by atoms with van der Waals surface area (Å²) in [6.45, 7) is 3.17. The average Bonchev–Trinajstić information content (AvgIpc) is 2.95. The molecule has 0 amide bonds. The van der Waals surface area contributed by atoms with Crippen LogP contribution in [0.2, 0.25) is 0 Å². The van der Waals surface area contributed by atoms with Gasteiger partial charge in [-0.05, 0) is 37.5 Å². The smallest absolute Gasteiger partial charge is 0.335 e. The monoisotopic (exact) mass is 287 g/mol. The molecule has 1 aliphatic rings.